The average Bonchev–Trinajstić information content (AvgIpc) is 2.77. The average molecular weight is 505 g/mol. The maximum absolute atomic E-state index is 11.7. The summed E-state index contributed by atoms with van der Waals surface area (Å²) in [7, 11) is -4.51. The van der Waals surface area contributed by atoms with Crippen LogP contribution in [0.5, 0.6) is 0 Å². The number of hydrogen-bond donors (Lipinski definition) is 4. The zero-order valence-corrected chi connectivity index (χ0v) is 19.5. The number of aryl methyl sites for hydroxylation is 2. The third-order valence-corrected chi connectivity index (χ3v) is 5.89. The lowest BCUT2D eigenvalue weighted by atomic mass is 10.2. The van der Waals surface area contributed by atoms with Crippen LogP contribution in [0.1, 0.15) is 11.1 Å². The highest BCUT2D eigenvalue weighted by molar-refractivity contribution is 7.94. The lowest BCUT2D eigenvalue weighted by molar-refractivity contribution is -0.432. The molecule has 12 nitrogen and oxygen atoms in total. The minimum atomic E-state index is -4.51. The molecule has 0 radical (unpaired) electrons. The molecule has 178 valence electrons. The van der Waals surface area contributed by atoms with Gasteiger partial charge in [0.1, 0.15) is 27.6 Å². The van der Waals surface area contributed by atoms with Gasteiger partial charge in [-0.25, -0.2) is 5.26 Å². The third-order valence-electron chi connectivity index (χ3n) is 4.37. The SMILES string of the molecule is Cc1ccc(N=Nc2cc(N=Nc3ccc(C)cc3S(=O)(=O)O)c(N)cc2N)c(SOOO)c1. The molecule has 0 aliphatic rings. The van der Waals surface area contributed by atoms with Crippen LogP contribution in [0.2, 0.25) is 0 Å². The van der Waals surface area contributed by atoms with Gasteiger partial charge in [-0.1, -0.05) is 17.2 Å². The van der Waals surface area contributed by atoms with Crippen LogP contribution in [-0.2, 0) is 19.5 Å². The van der Waals surface area contributed by atoms with Crippen molar-refractivity contribution in [2.75, 3.05) is 11.5 Å². The van der Waals surface area contributed by atoms with Crippen molar-refractivity contribution >= 4 is 56.3 Å². The van der Waals surface area contributed by atoms with E-state index >= 15 is 0 Å². The van der Waals surface area contributed by atoms with Crippen LogP contribution < -0.4 is 11.5 Å². The Kier molecular flexibility index (Phi) is 7.93. The van der Waals surface area contributed by atoms with Gasteiger partial charge in [-0.15, -0.1) is 24.8 Å². The van der Waals surface area contributed by atoms with Crippen LogP contribution >= 0.6 is 12.0 Å². The molecule has 0 spiro atoms. The van der Waals surface area contributed by atoms with Crippen molar-refractivity contribution in [3.8, 4) is 0 Å². The second-order valence-corrected chi connectivity index (χ2v) is 9.15. The Hall–Kier alpha value is -3.40. The monoisotopic (exact) mass is 504 g/mol. The molecule has 0 saturated carbocycles. The maximum atomic E-state index is 11.7. The van der Waals surface area contributed by atoms with E-state index in [4.69, 9.17) is 16.7 Å². The molecule has 0 heterocycles. The van der Waals surface area contributed by atoms with E-state index in [0.717, 1.165) is 17.6 Å². The fourth-order valence-electron chi connectivity index (χ4n) is 2.73. The molecule has 14 heteroatoms. The van der Waals surface area contributed by atoms with E-state index < -0.39 is 10.1 Å². The van der Waals surface area contributed by atoms with Crippen molar-refractivity contribution in [3.63, 3.8) is 0 Å². The molecule has 0 amide bonds. The highest BCUT2D eigenvalue weighted by Crippen LogP contribution is 2.37. The van der Waals surface area contributed by atoms with Crippen LogP contribution in [0.3, 0.4) is 0 Å². The Morgan fingerprint density at radius 2 is 1.32 bits per heavy atom. The van der Waals surface area contributed by atoms with E-state index in [2.05, 4.69) is 29.8 Å². The van der Waals surface area contributed by atoms with Gasteiger partial charge in [0.2, 0.25) is 0 Å². The molecule has 0 bridgehead atoms. The summed E-state index contributed by atoms with van der Waals surface area (Å²) in [6.07, 6.45) is 0. The molecule has 0 atom stereocenters. The summed E-state index contributed by atoms with van der Waals surface area (Å²) in [6, 6.07) is 12.4. The Bertz CT molecular complexity index is 1380. The minimum absolute atomic E-state index is 0.0695. The molecule has 3 aromatic rings. The van der Waals surface area contributed by atoms with Crippen LogP contribution in [0.25, 0.3) is 0 Å². The number of nitrogen functional groups attached to an aromatic ring is 2. The second-order valence-electron chi connectivity index (χ2n) is 7.01. The number of anilines is 2. The predicted octanol–water partition coefficient (Wildman–Crippen LogP) is 5.97. The summed E-state index contributed by atoms with van der Waals surface area (Å²) in [5, 5.41) is 28.3. The second kappa shape index (κ2) is 10.7. The van der Waals surface area contributed by atoms with Gasteiger partial charge in [-0.2, -0.15) is 8.42 Å². The van der Waals surface area contributed by atoms with Crippen LogP contribution in [-0.4, -0.2) is 18.2 Å². The standard InChI is InChI=1S/C20H20N6O6S2/c1-11-3-5-15(19(7-11)33-32-31-27)23-25-17-10-18(14(22)9-13(17)21)26-24-16-6-4-12(2)8-20(16)34(28,29)30/h3-10,27H,21-22H2,1-2H3,(H,28,29,30). The largest absolute Gasteiger partial charge is 0.397 e. The van der Waals surface area contributed by atoms with Crippen LogP contribution in [0.4, 0.5) is 34.1 Å². The zero-order valence-electron chi connectivity index (χ0n) is 17.9. The molecule has 34 heavy (non-hydrogen) atoms. The molecule has 3 aromatic carbocycles. The van der Waals surface area contributed by atoms with E-state index in [-0.39, 0.29) is 33.3 Å². The van der Waals surface area contributed by atoms with E-state index in [0.29, 0.717) is 16.1 Å². The topological polar surface area (TPSA) is 195 Å². The van der Waals surface area contributed by atoms with Gasteiger partial charge in [0.05, 0.1) is 28.3 Å². The molecule has 0 unspecified atom stereocenters. The van der Waals surface area contributed by atoms with Crippen molar-refractivity contribution < 1.29 is 27.6 Å². The lowest BCUT2D eigenvalue weighted by Gasteiger charge is -2.06. The lowest BCUT2D eigenvalue weighted by Crippen LogP contribution is -1.98. The van der Waals surface area contributed by atoms with Crippen molar-refractivity contribution in [1.29, 1.82) is 0 Å². The minimum Gasteiger partial charge on any atom is -0.397 e. The number of azo groups is 2. The smallest absolute Gasteiger partial charge is 0.296 e. The molecule has 0 aliphatic carbocycles. The molecular formula is C20H20N6O6S2. The molecule has 0 saturated heterocycles. The van der Waals surface area contributed by atoms with Crippen molar-refractivity contribution in [1.82, 2.24) is 0 Å². The van der Waals surface area contributed by atoms with Gasteiger partial charge in [-0.05, 0) is 61.4 Å². The predicted molar refractivity (Wildman–Crippen MR) is 126 cm³/mol. The van der Waals surface area contributed by atoms with Gasteiger partial charge < -0.3 is 11.5 Å². The molecule has 3 rings (SSSR count). The number of hydrogen-bond acceptors (Lipinski definition) is 12. The van der Waals surface area contributed by atoms with Gasteiger partial charge >= 0.3 is 0 Å². The van der Waals surface area contributed by atoms with Crippen molar-refractivity contribution in [3.05, 3.63) is 59.7 Å². The number of rotatable bonds is 8. The van der Waals surface area contributed by atoms with E-state index in [9.17, 15) is 13.0 Å². The maximum Gasteiger partial charge on any atom is 0.296 e. The Labute approximate surface area is 199 Å². The summed E-state index contributed by atoms with van der Waals surface area (Å²) in [5.41, 5.74) is 14.6. The van der Waals surface area contributed by atoms with Gasteiger partial charge in [-0.3, -0.25) is 4.55 Å². The molecule has 0 fully saturated rings. The van der Waals surface area contributed by atoms with E-state index in [1.54, 1.807) is 31.2 Å². The first-order chi connectivity index (χ1) is 16.1. The first-order valence-electron chi connectivity index (χ1n) is 9.44. The Morgan fingerprint density at radius 1 is 0.794 bits per heavy atom. The zero-order chi connectivity index (χ0) is 24.9. The molecule has 6 N–H and O–H groups in total. The fourth-order valence-corrected chi connectivity index (χ4v) is 3.97. The quantitative estimate of drug-likeness (QED) is 0.0713. The summed E-state index contributed by atoms with van der Waals surface area (Å²) in [6.45, 7) is 3.54. The summed E-state index contributed by atoms with van der Waals surface area (Å²) in [4.78, 5) is 0.132. The van der Waals surface area contributed by atoms with Crippen molar-refractivity contribution in [2.24, 2.45) is 20.5 Å². The summed E-state index contributed by atoms with van der Waals surface area (Å²) in [5.74, 6) is 0. The van der Waals surface area contributed by atoms with Crippen LogP contribution in [0.15, 0.2) is 78.8 Å². The van der Waals surface area contributed by atoms with Crippen molar-refractivity contribution in [2.45, 2.75) is 23.6 Å². The number of nitrogens with zero attached hydrogens (tertiary/aromatic N) is 4. The summed E-state index contributed by atoms with van der Waals surface area (Å²) < 4.78 is 37.3. The molecule has 0 aromatic heterocycles. The number of benzene rings is 3. The Balaban J connectivity index is 1.96. The van der Waals surface area contributed by atoms with Gasteiger partial charge in [0.15, 0.2) is 0 Å². The first-order valence-corrected chi connectivity index (χ1v) is 11.6. The van der Waals surface area contributed by atoms with Gasteiger partial charge in [0, 0.05) is 0 Å². The highest BCUT2D eigenvalue weighted by atomic mass is 32.2. The fraction of sp³-hybridized carbons (Fsp3) is 0.100. The van der Waals surface area contributed by atoms with E-state index in [1.807, 2.05) is 6.92 Å². The third kappa shape index (κ3) is 6.34. The first kappa shape index (κ1) is 25.2. The van der Waals surface area contributed by atoms with Crippen LogP contribution in [0, 0.1) is 13.8 Å². The number of nitrogens with two attached hydrogens (primary N) is 2. The van der Waals surface area contributed by atoms with E-state index in [1.165, 1.54) is 24.3 Å². The molecule has 0 aliphatic heterocycles. The summed E-state index contributed by atoms with van der Waals surface area (Å²) >= 11 is 0.736. The Morgan fingerprint density at radius 3 is 1.91 bits per heavy atom. The highest BCUT2D eigenvalue weighted by Gasteiger charge is 2.16. The van der Waals surface area contributed by atoms with Gasteiger partial charge in [0.25, 0.3) is 10.1 Å². The molecular weight excluding hydrogens is 484 g/mol. The normalized spacial score (nSPS) is 12.1.